The quantitative estimate of drug-likeness (QED) is 0.333. The smallest absolute Gasteiger partial charge is 0.322 e. The lowest BCUT2D eigenvalue weighted by molar-refractivity contribution is 0.183. The number of methoxy groups -OCH3 is 1. The van der Waals surface area contributed by atoms with Gasteiger partial charge in [0.15, 0.2) is 0 Å². The Morgan fingerprint density at radius 3 is 2.03 bits per heavy atom. The Bertz CT molecular complexity index is 1150. The topological polar surface area (TPSA) is 41.6 Å². The van der Waals surface area contributed by atoms with Crippen molar-refractivity contribution in [2.75, 3.05) is 12.4 Å². The average molecular weight is 437 g/mol. The van der Waals surface area contributed by atoms with Gasteiger partial charge in [0.2, 0.25) is 0 Å². The molecule has 33 heavy (non-hydrogen) atoms. The van der Waals surface area contributed by atoms with Crippen LogP contribution >= 0.6 is 0 Å². The standard InChI is InChI=1S/C29H28N2O2/c1-33-27-19-11-16-25(21-27)28(20-23-12-5-2-6-13-23)31(22-24-14-7-3-8-15-24)29(32)30-26-17-9-4-10-18-26/h2-19,21,28H,20,22H2,1H3,(H,30,32). The van der Waals surface area contributed by atoms with E-state index in [1.807, 2.05) is 102 Å². The van der Waals surface area contributed by atoms with E-state index in [1.165, 1.54) is 0 Å². The highest BCUT2D eigenvalue weighted by atomic mass is 16.5. The minimum Gasteiger partial charge on any atom is -0.497 e. The predicted molar refractivity (Wildman–Crippen MR) is 133 cm³/mol. The lowest BCUT2D eigenvalue weighted by Crippen LogP contribution is -2.38. The summed E-state index contributed by atoms with van der Waals surface area (Å²) >= 11 is 0. The number of hydrogen-bond donors (Lipinski definition) is 1. The van der Waals surface area contributed by atoms with E-state index in [-0.39, 0.29) is 12.1 Å². The molecule has 4 aromatic carbocycles. The molecular formula is C29H28N2O2. The molecule has 0 saturated carbocycles. The highest BCUT2D eigenvalue weighted by molar-refractivity contribution is 5.89. The number of carbonyl (C=O) groups is 1. The molecular weight excluding hydrogens is 408 g/mol. The number of nitrogens with one attached hydrogen (secondary N) is 1. The number of amides is 2. The van der Waals surface area contributed by atoms with Gasteiger partial charge in [-0.1, -0.05) is 91.0 Å². The second-order valence-electron chi connectivity index (χ2n) is 7.89. The van der Waals surface area contributed by atoms with Gasteiger partial charge in [-0.05, 0) is 47.4 Å². The van der Waals surface area contributed by atoms with Crippen molar-refractivity contribution in [1.29, 1.82) is 0 Å². The van der Waals surface area contributed by atoms with Gasteiger partial charge < -0.3 is 15.0 Å². The molecule has 0 fully saturated rings. The van der Waals surface area contributed by atoms with E-state index in [4.69, 9.17) is 4.74 Å². The van der Waals surface area contributed by atoms with Gasteiger partial charge in [-0.2, -0.15) is 0 Å². The Balaban J connectivity index is 1.74. The third kappa shape index (κ3) is 6.01. The first kappa shape index (κ1) is 22.2. The summed E-state index contributed by atoms with van der Waals surface area (Å²) in [5, 5.41) is 3.08. The van der Waals surface area contributed by atoms with E-state index in [0.717, 1.165) is 28.1 Å². The van der Waals surface area contributed by atoms with Crippen molar-refractivity contribution in [1.82, 2.24) is 4.90 Å². The van der Waals surface area contributed by atoms with Crippen LogP contribution in [0.5, 0.6) is 5.75 Å². The van der Waals surface area contributed by atoms with Gasteiger partial charge in [-0.15, -0.1) is 0 Å². The number of anilines is 1. The van der Waals surface area contributed by atoms with Crippen LogP contribution in [-0.4, -0.2) is 18.0 Å². The summed E-state index contributed by atoms with van der Waals surface area (Å²) in [4.78, 5) is 15.6. The number of hydrogen-bond acceptors (Lipinski definition) is 2. The summed E-state index contributed by atoms with van der Waals surface area (Å²) < 4.78 is 5.49. The van der Waals surface area contributed by atoms with Crippen LogP contribution in [0.1, 0.15) is 22.7 Å². The third-order valence-electron chi connectivity index (χ3n) is 5.61. The van der Waals surface area contributed by atoms with Crippen LogP contribution in [0.15, 0.2) is 115 Å². The number of nitrogens with zero attached hydrogens (tertiary/aromatic N) is 1. The van der Waals surface area contributed by atoms with Crippen molar-refractivity contribution in [3.05, 3.63) is 132 Å². The molecule has 0 heterocycles. The fraction of sp³-hybridized carbons (Fsp3) is 0.138. The molecule has 0 radical (unpaired) electrons. The summed E-state index contributed by atoms with van der Waals surface area (Å²) in [6.07, 6.45) is 0.684. The maximum absolute atomic E-state index is 13.7. The molecule has 1 atom stereocenters. The minimum atomic E-state index is -0.189. The second kappa shape index (κ2) is 11.0. The van der Waals surface area contributed by atoms with E-state index in [1.54, 1.807) is 7.11 Å². The normalized spacial score (nSPS) is 11.4. The summed E-state index contributed by atoms with van der Waals surface area (Å²) in [5.74, 6) is 0.772. The van der Waals surface area contributed by atoms with Crippen molar-refractivity contribution < 1.29 is 9.53 Å². The molecule has 2 amide bonds. The van der Waals surface area contributed by atoms with Crippen LogP contribution < -0.4 is 10.1 Å². The molecule has 0 saturated heterocycles. The van der Waals surface area contributed by atoms with Crippen molar-refractivity contribution in [2.24, 2.45) is 0 Å². The van der Waals surface area contributed by atoms with Crippen LogP contribution in [0.3, 0.4) is 0 Å². The molecule has 4 nitrogen and oxygen atoms in total. The highest BCUT2D eigenvalue weighted by Gasteiger charge is 2.26. The van der Waals surface area contributed by atoms with E-state index in [2.05, 4.69) is 23.5 Å². The summed E-state index contributed by atoms with van der Waals surface area (Å²) in [7, 11) is 1.66. The molecule has 0 aromatic heterocycles. The van der Waals surface area contributed by atoms with Gasteiger partial charge in [0, 0.05) is 12.2 Å². The van der Waals surface area contributed by atoms with Crippen LogP contribution in [0.25, 0.3) is 0 Å². The molecule has 0 aliphatic heterocycles. The number of urea groups is 1. The summed E-state index contributed by atoms with van der Waals surface area (Å²) in [6, 6.07) is 37.6. The first-order valence-electron chi connectivity index (χ1n) is 11.1. The Morgan fingerprint density at radius 1 is 0.788 bits per heavy atom. The molecule has 0 bridgehead atoms. The predicted octanol–water partition coefficient (Wildman–Crippen LogP) is 6.71. The minimum absolute atomic E-state index is 0.145. The van der Waals surface area contributed by atoms with Crippen molar-refractivity contribution in [2.45, 2.75) is 19.0 Å². The molecule has 1 N–H and O–H groups in total. The van der Waals surface area contributed by atoms with E-state index < -0.39 is 0 Å². The summed E-state index contributed by atoms with van der Waals surface area (Å²) in [6.45, 7) is 0.480. The van der Waals surface area contributed by atoms with Gasteiger partial charge in [0.05, 0.1) is 13.2 Å². The van der Waals surface area contributed by atoms with Crippen LogP contribution in [0.2, 0.25) is 0 Å². The van der Waals surface area contributed by atoms with E-state index >= 15 is 0 Å². The average Bonchev–Trinajstić information content (AvgIpc) is 2.88. The molecule has 0 spiro atoms. The third-order valence-corrected chi connectivity index (χ3v) is 5.61. The fourth-order valence-corrected chi connectivity index (χ4v) is 3.91. The van der Waals surface area contributed by atoms with Crippen molar-refractivity contribution in [3.63, 3.8) is 0 Å². The van der Waals surface area contributed by atoms with Gasteiger partial charge in [-0.3, -0.25) is 0 Å². The Kier molecular flexibility index (Phi) is 7.39. The second-order valence-corrected chi connectivity index (χ2v) is 7.89. The fourth-order valence-electron chi connectivity index (χ4n) is 3.91. The first-order valence-corrected chi connectivity index (χ1v) is 11.1. The number of benzene rings is 4. The zero-order chi connectivity index (χ0) is 22.9. The van der Waals surface area contributed by atoms with Crippen molar-refractivity contribution >= 4 is 11.7 Å². The molecule has 4 rings (SSSR count). The zero-order valence-corrected chi connectivity index (χ0v) is 18.7. The van der Waals surface area contributed by atoms with E-state index in [9.17, 15) is 4.79 Å². The van der Waals surface area contributed by atoms with Crippen LogP contribution in [-0.2, 0) is 13.0 Å². The zero-order valence-electron chi connectivity index (χ0n) is 18.7. The number of ether oxygens (including phenoxy) is 1. The largest absolute Gasteiger partial charge is 0.497 e. The highest BCUT2D eigenvalue weighted by Crippen LogP contribution is 2.30. The number of carbonyl (C=O) groups excluding carboxylic acids is 1. The maximum atomic E-state index is 13.7. The first-order chi connectivity index (χ1) is 16.2. The Morgan fingerprint density at radius 2 is 1.39 bits per heavy atom. The van der Waals surface area contributed by atoms with Crippen LogP contribution in [0, 0.1) is 0 Å². The molecule has 4 aromatic rings. The Labute approximate surface area is 195 Å². The summed E-state index contributed by atoms with van der Waals surface area (Å²) in [5.41, 5.74) is 4.03. The lowest BCUT2D eigenvalue weighted by Gasteiger charge is -2.33. The Hall–Kier alpha value is -4.05. The van der Waals surface area contributed by atoms with Gasteiger partial charge in [0.1, 0.15) is 5.75 Å². The van der Waals surface area contributed by atoms with Gasteiger partial charge in [-0.25, -0.2) is 4.79 Å². The van der Waals surface area contributed by atoms with Gasteiger partial charge >= 0.3 is 6.03 Å². The molecule has 1 unspecified atom stereocenters. The molecule has 0 aliphatic rings. The van der Waals surface area contributed by atoms with E-state index in [0.29, 0.717) is 13.0 Å². The number of para-hydroxylation sites is 1. The molecule has 166 valence electrons. The molecule has 4 heteroatoms. The van der Waals surface area contributed by atoms with Crippen LogP contribution in [0.4, 0.5) is 10.5 Å². The monoisotopic (exact) mass is 436 g/mol. The number of rotatable bonds is 8. The SMILES string of the molecule is COc1cccc(C(Cc2ccccc2)N(Cc2ccccc2)C(=O)Nc2ccccc2)c1. The molecule has 0 aliphatic carbocycles. The maximum Gasteiger partial charge on any atom is 0.322 e. The van der Waals surface area contributed by atoms with Crippen molar-refractivity contribution in [3.8, 4) is 5.75 Å². The lowest BCUT2D eigenvalue weighted by atomic mass is 9.96. The van der Waals surface area contributed by atoms with Gasteiger partial charge in [0.25, 0.3) is 0 Å².